The highest BCUT2D eigenvalue weighted by Crippen LogP contribution is 2.39. The molecule has 0 saturated carbocycles. The molecule has 2 heterocycles. The molecule has 1 aromatic heterocycles. The molecule has 0 bridgehead atoms. The second kappa shape index (κ2) is 9.20. The van der Waals surface area contributed by atoms with Crippen molar-refractivity contribution in [1.29, 1.82) is 0 Å². The minimum atomic E-state index is -0.717. The van der Waals surface area contributed by atoms with Gasteiger partial charge in [-0.3, -0.25) is 19.8 Å². The number of amides is 3. The smallest absolute Gasteiger partial charge is 0.373 e. The van der Waals surface area contributed by atoms with Gasteiger partial charge in [-0.25, -0.2) is 9.59 Å². The highest BCUT2D eigenvalue weighted by atomic mass is 16.6. The Labute approximate surface area is 181 Å². The number of hydrogen-bond acceptors (Lipinski definition) is 9. The van der Waals surface area contributed by atoms with Crippen molar-refractivity contribution in [2.45, 2.75) is 13.5 Å². The Bertz CT molecular complexity index is 1120. The van der Waals surface area contributed by atoms with E-state index in [-0.39, 0.29) is 53.1 Å². The average molecular weight is 445 g/mol. The lowest BCUT2D eigenvalue weighted by molar-refractivity contribution is -0.385. The number of carbonyl (C=O) groups is 3. The molecule has 0 spiro atoms. The predicted molar refractivity (Wildman–Crippen MR) is 108 cm³/mol. The van der Waals surface area contributed by atoms with Crippen LogP contribution in [0.5, 0.6) is 11.5 Å². The summed E-state index contributed by atoms with van der Waals surface area (Å²) in [7, 11) is 2.47. The van der Waals surface area contributed by atoms with Crippen molar-refractivity contribution in [1.82, 2.24) is 10.2 Å². The lowest BCUT2D eigenvalue weighted by atomic mass is 10.1. The number of carbonyl (C=O) groups excluding carboxylic acids is 3. The van der Waals surface area contributed by atoms with E-state index in [1.165, 1.54) is 44.6 Å². The lowest BCUT2D eigenvalue weighted by Crippen LogP contribution is -2.30. The molecule has 0 unspecified atom stereocenters. The van der Waals surface area contributed by atoms with Crippen LogP contribution >= 0.6 is 0 Å². The van der Waals surface area contributed by atoms with Crippen LogP contribution in [0, 0.1) is 10.1 Å². The van der Waals surface area contributed by atoms with Gasteiger partial charge in [0.2, 0.25) is 11.5 Å². The summed E-state index contributed by atoms with van der Waals surface area (Å²) in [6.45, 7) is 1.70. The third-order valence-corrected chi connectivity index (χ3v) is 4.39. The van der Waals surface area contributed by atoms with Gasteiger partial charge in [0.1, 0.15) is 11.5 Å². The molecule has 12 nitrogen and oxygen atoms in total. The van der Waals surface area contributed by atoms with Crippen LogP contribution in [-0.4, -0.2) is 48.6 Å². The standard InChI is InChI=1S/C20H19N3O9/c1-4-31-16-9-11(8-14(23(27)28)17(16)29-2)7-13-18(24)22(20(26)21-13)10-12-5-6-15(32-12)19(25)30-3/h5-9H,4,10H2,1-3H3,(H,21,26)/b13-7-. The van der Waals surface area contributed by atoms with Gasteiger partial charge in [0, 0.05) is 6.07 Å². The lowest BCUT2D eigenvalue weighted by Gasteiger charge is -2.11. The van der Waals surface area contributed by atoms with Crippen LogP contribution < -0.4 is 14.8 Å². The number of hydrogen-bond donors (Lipinski definition) is 1. The minimum absolute atomic E-state index is 0.0540. The molecule has 1 aliphatic rings. The second-order valence-electron chi connectivity index (χ2n) is 6.40. The molecule has 2 aromatic rings. The van der Waals surface area contributed by atoms with Gasteiger partial charge in [-0.05, 0) is 36.8 Å². The molecule has 1 aliphatic heterocycles. The quantitative estimate of drug-likeness (QED) is 0.212. The molecule has 168 valence electrons. The van der Waals surface area contributed by atoms with Gasteiger partial charge in [-0.15, -0.1) is 0 Å². The van der Waals surface area contributed by atoms with Crippen molar-refractivity contribution in [2.24, 2.45) is 0 Å². The largest absolute Gasteiger partial charge is 0.490 e. The zero-order chi connectivity index (χ0) is 23.4. The minimum Gasteiger partial charge on any atom is -0.490 e. The van der Waals surface area contributed by atoms with Crippen molar-refractivity contribution in [2.75, 3.05) is 20.8 Å². The van der Waals surface area contributed by atoms with Gasteiger partial charge in [0.05, 0.1) is 32.3 Å². The summed E-state index contributed by atoms with van der Waals surface area (Å²) >= 11 is 0. The number of rotatable bonds is 8. The Morgan fingerprint density at radius 2 is 2.03 bits per heavy atom. The molecular weight excluding hydrogens is 426 g/mol. The number of urea groups is 1. The van der Waals surface area contributed by atoms with Crippen LogP contribution in [0.15, 0.2) is 34.4 Å². The van der Waals surface area contributed by atoms with Crippen molar-refractivity contribution in [3.8, 4) is 11.5 Å². The Kier molecular flexibility index (Phi) is 6.42. The summed E-state index contributed by atoms with van der Waals surface area (Å²) in [6, 6.07) is 4.74. The number of furan rings is 1. The molecule has 12 heteroatoms. The topological polar surface area (TPSA) is 150 Å². The van der Waals surface area contributed by atoms with E-state index in [9.17, 15) is 24.5 Å². The van der Waals surface area contributed by atoms with Gasteiger partial charge in [0.15, 0.2) is 5.75 Å². The number of nitrogens with one attached hydrogen (secondary N) is 1. The fraction of sp³-hybridized carbons (Fsp3) is 0.250. The van der Waals surface area contributed by atoms with Crippen molar-refractivity contribution in [3.63, 3.8) is 0 Å². The van der Waals surface area contributed by atoms with E-state index >= 15 is 0 Å². The first kappa shape index (κ1) is 22.3. The SMILES string of the molecule is CCOc1cc(/C=C2\NC(=O)N(Cc3ccc(C(=O)OC)o3)C2=O)cc([N+](=O)[O-])c1OC. The molecule has 32 heavy (non-hydrogen) atoms. The molecule has 1 N–H and O–H groups in total. The Morgan fingerprint density at radius 3 is 2.66 bits per heavy atom. The number of ether oxygens (including phenoxy) is 3. The fourth-order valence-electron chi connectivity index (χ4n) is 3.01. The predicted octanol–water partition coefficient (Wildman–Crippen LogP) is 2.47. The number of nitro groups is 1. The zero-order valence-corrected chi connectivity index (χ0v) is 17.4. The maximum Gasteiger partial charge on any atom is 0.373 e. The fourth-order valence-corrected chi connectivity index (χ4v) is 3.01. The average Bonchev–Trinajstić information content (AvgIpc) is 3.33. The highest BCUT2D eigenvalue weighted by Gasteiger charge is 2.34. The van der Waals surface area contributed by atoms with Crippen LogP contribution in [0.4, 0.5) is 10.5 Å². The molecule has 0 atom stereocenters. The number of methoxy groups -OCH3 is 2. The van der Waals surface area contributed by atoms with Crippen LogP contribution in [0.2, 0.25) is 0 Å². The van der Waals surface area contributed by atoms with Crippen molar-refractivity contribution >= 4 is 29.7 Å². The molecule has 1 fully saturated rings. The van der Waals surface area contributed by atoms with Gasteiger partial charge >= 0.3 is 17.7 Å². The van der Waals surface area contributed by atoms with E-state index in [1.54, 1.807) is 6.92 Å². The second-order valence-corrected chi connectivity index (χ2v) is 6.40. The van der Waals surface area contributed by atoms with E-state index in [0.29, 0.717) is 0 Å². The third kappa shape index (κ3) is 4.38. The molecule has 1 saturated heterocycles. The number of nitrogens with zero attached hydrogens (tertiary/aromatic N) is 2. The first-order valence-electron chi connectivity index (χ1n) is 9.29. The normalized spacial score (nSPS) is 14.5. The first-order chi connectivity index (χ1) is 15.3. The summed E-state index contributed by atoms with van der Waals surface area (Å²) in [5.41, 5.74) is -0.209. The van der Waals surface area contributed by atoms with E-state index in [4.69, 9.17) is 13.9 Å². The van der Waals surface area contributed by atoms with Gasteiger partial charge < -0.3 is 23.9 Å². The van der Waals surface area contributed by atoms with Crippen molar-refractivity contribution in [3.05, 3.63) is 57.2 Å². The Balaban J connectivity index is 1.89. The van der Waals surface area contributed by atoms with Crippen LogP contribution in [-0.2, 0) is 16.1 Å². The van der Waals surface area contributed by atoms with Crippen LogP contribution in [0.3, 0.4) is 0 Å². The number of esters is 1. The summed E-state index contributed by atoms with van der Waals surface area (Å²) in [6.07, 6.45) is 1.29. The first-order valence-corrected chi connectivity index (χ1v) is 9.29. The van der Waals surface area contributed by atoms with Crippen molar-refractivity contribution < 1.29 is 37.9 Å². The monoisotopic (exact) mass is 445 g/mol. The summed E-state index contributed by atoms with van der Waals surface area (Å²) in [5.74, 6) is -1.19. The van der Waals surface area contributed by atoms with E-state index < -0.39 is 22.8 Å². The van der Waals surface area contributed by atoms with E-state index in [1.807, 2.05) is 0 Å². The highest BCUT2D eigenvalue weighted by molar-refractivity contribution is 6.13. The summed E-state index contributed by atoms with van der Waals surface area (Å²) < 4.78 is 20.3. The number of nitro benzene ring substituents is 1. The number of benzene rings is 1. The van der Waals surface area contributed by atoms with Crippen LogP contribution in [0.25, 0.3) is 6.08 Å². The maximum absolute atomic E-state index is 12.7. The van der Waals surface area contributed by atoms with Gasteiger partial charge in [0.25, 0.3) is 5.91 Å². The Morgan fingerprint density at radius 1 is 1.28 bits per heavy atom. The van der Waals surface area contributed by atoms with E-state index in [2.05, 4.69) is 10.1 Å². The van der Waals surface area contributed by atoms with Crippen LogP contribution in [0.1, 0.15) is 28.8 Å². The third-order valence-electron chi connectivity index (χ3n) is 4.39. The summed E-state index contributed by atoms with van der Waals surface area (Å²) in [5, 5.41) is 13.8. The number of imide groups is 1. The molecule has 3 rings (SSSR count). The molecule has 0 aliphatic carbocycles. The Hall–Kier alpha value is -4.35. The molecule has 0 radical (unpaired) electrons. The molecular formula is C20H19N3O9. The molecule has 3 amide bonds. The van der Waals surface area contributed by atoms with Gasteiger partial charge in [-0.2, -0.15) is 0 Å². The van der Waals surface area contributed by atoms with E-state index in [0.717, 1.165) is 4.90 Å². The zero-order valence-electron chi connectivity index (χ0n) is 17.4. The molecule has 1 aromatic carbocycles. The summed E-state index contributed by atoms with van der Waals surface area (Å²) in [4.78, 5) is 48.2. The maximum atomic E-state index is 12.7. The van der Waals surface area contributed by atoms with Gasteiger partial charge in [-0.1, -0.05) is 0 Å².